The molecule has 3 aromatic rings. The summed E-state index contributed by atoms with van der Waals surface area (Å²) in [5, 5.41) is 2.17. The SMILES string of the molecule is COc1cc2c(OCc3ccccc3)cccc2cc1Br. The Morgan fingerprint density at radius 1 is 0.905 bits per heavy atom. The third-order valence-corrected chi connectivity index (χ3v) is 3.97. The van der Waals surface area contributed by atoms with Gasteiger partial charge in [-0.05, 0) is 45.1 Å². The van der Waals surface area contributed by atoms with E-state index in [9.17, 15) is 0 Å². The van der Waals surface area contributed by atoms with E-state index in [0.717, 1.165) is 32.3 Å². The molecule has 0 N–H and O–H groups in total. The molecule has 0 aliphatic carbocycles. The Hall–Kier alpha value is -2.00. The van der Waals surface area contributed by atoms with E-state index in [1.54, 1.807) is 7.11 Å². The predicted octanol–water partition coefficient (Wildman–Crippen LogP) is 5.19. The minimum absolute atomic E-state index is 0.554. The van der Waals surface area contributed by atoms with E-state index in [0.29, 0.717) is 6.61 Å². The Bertz CT molecular complexity index is 754. The lowest BCUT2D eigenvalue weighted by molar-refractivity contribution is 0.310. The van der Waals surface area contributed by atoms with Crippen LogP contribution in [0.3, 0.4) is 0 Å². The lowest BCUT2D eigenvalue weighted by atomic mass is 10.1. The second-order valence-electron chi connectivity index (χ2n) is 4.74. The highest BCUT2D eigenvalue weighted by Gasteiger charge is 2.07. The molecule has 0 bridgehead atoms. The van der Waals surface area contributed by atoms with Gasteiger partial charge in [0.15, 0.2) is 0 Å². The molecule has 0 aliphatic rings. The van der Waals surface area contributed by atoms with E-state index in [1.165, 1.54) is 0 Å². The Morgan fingerprint density at radius 2 is 1.71 bits per heavy atom. The summed E-state index contributed by atoms with van der Waals surface area (Å²) in [7, 11) is 1.67. The molecule has 3 heteroatoms. The molecular formula is C18H15BrO2. The molecule has 0 unspecified atom stereocenters. The first-order chi connectivity index (χ1) is 10.3. The van der Waals surface area contributed by atoms with Crippen molar-refractivity contribution in [3.8, 4) is 11.5 Å². The van der Waals surface area contributed by atoms with Crippen LogP contribution in [-0.4, -0.2) is 7.11 Å². The molecule has 106 valence electrons. The smallest absolute Gasteiger partial charge is 0.133 e. The molecule has 0 atom stereocenters. The minimum atomic E-state index is 0.554. The van der Waals surface area contributed by atoms with Gasteiger partial charge in [-0.25, -0.2) is 0 Å². The molecule has 2 nitrogen and oxygen atoms in total. The van der Waals surface area contributed by atoms with Gasteiger partial charge in [0.05, 0.1) is 11.6 Å². The van der Waals surface area contributed by atoms with Crippen molar-refractivity contribution in [3.05, 3.63) is 70.7 Å². The van der Waals surface area contributed by atoms with E-state index < -0.39 is 0 Å². The molecule has 3 rings (SSSR count). The van der Waals surface area contributed by atoms with Gasteiger partial charge < -0.3 is 9.47 Å². The van der Waals surface area contributed by atoms with E-state index in [2.05, 4.69) is 34.1 Å². The summed E-state index contributed by atoms with van der Waals surface area (Å²) < 4.78 is 12.3. The van der Waals surface area contributed by atoms with Crippen LogP contribution in [0.15, 0.2) is 65.1 Å². The number of methoxy groups -OCH3 is 1. The number of halogens is 1. The van der Waals surface area contributed by atoms with Gasteiger partial charge in [0.2, 0.25) is 0 Å². The summed E-state index contributed by atoms with van der Waals surface area (Å²) in [6.07, 6.45) is 0. The number of hydrogen-bond acceptors (Lipinski definition) is 2. The topological polar surface area (TPSA) is 18.5 Å². The van der Waals surface area contributed by atoms with Gasteiger partial charge in [0, 0.05) is 5.39 Å². The predicted molar refractivity (Wildman–Crippen MR) is 89.0 cm³/mol. The number of rotatable bonds is 4. The zero-order valence-electron chi connectivity index (χ0n) is 11.7. The summed E-state index contributed by atoms with van der Waals surface area (Å²) >= 11 is 3.51. The average molecular weight is 343 g/mol. The number of ether oxygens (including phenoxy) is 2. The molecule has 0 saturated heterocycles. The van der Waals surface area contributed by atoms with Gasteiger partial charge in [0.25, 0.3) is 0 Å². The molecule has 0 heterocycles. The van der Waals surface area contributed by atoms with Crippen molar-refractivity contribution in [3.63, 3.8) is 0 Å². The molecule has 3 aromatic carbocycles. The zero-order valence-corrected chi connectivity index (χ0v) is 13.3. The van der Waals surface area contributed by atoms with Gasteiger partial charge in [0.1, 0.15) is 18.1 Å². The van der Waals surface area contributed by atoms with E-state index >= 15 is 0 Å². The third kappa shape index (κ3) is 3.03. The minimum Gasteiger partial charge on any atom is -0.496 e. The standard InChI is InChI=1S/C18H15BrO2/c1-20-18-11-15-14(10-16(18)19)8-5-9-17(15)21-12-13-6-3-2-4-7-13/h2-11H,12H2,1H3. The van der Waals surface area contributed by atoms with Crippen LogP contribution in [0.25, 0.3) is 10.8 Å². The van der Waals surface area contributed by atoms with Gasteiger partial charge >= 0.3 is 0 Å². The second-order valence-corrected chi connectivity index (χ2v) is 5.59. The van der Waals surface area contributed by atoms with E-state index in [4.69, 9.17) is 9.47 Å². The van der Waals surface area contributed by atoms with Gasteiger partial charge in [-0.2, -0.15) is 0 Å². The Kier molecular flexibility index (Phi) is 4.11. The average Bonchev–Trinajstić information content (AvgIpc) is 2.53. The van der Waals surface area contributed by atoms with Crippen molar-refractivity contribution < 1.29 is 9.47 Å². The molecule has 0 amide bonds. The van der Waals surface area contributed by atoms with Crippen molar-refractivity contribution in [1.29, 1.82) is 0 Å². The quantitative estimate of drug-likeness (QED) is 0.649. The maximum atomic E-state index is 5.97. The van der Waals surface area contributed by atoms with Crippen molar-refractivity contribution in [1.82, 2.24) is 0 Å². The fourth-order valence-electron chi connectivity index (χ4n) is 2.27. The molecule has 0 radical (unpaired) electrons. The lowest BCUT2D eigenvalue weighted by Crippen LogP contribution is -1.96. The van der Waals surface area contributed by atoms with Crippen LogP contribution in [0.2, 0.25) is 0 Å². The van der Waals surface area contributed by atoms with Crippen LogP contribution in [0, 0.1) is 0 Å². The largest absolute Gasteiger partial charge is 0.496 e. The number of fused-ring (bicyclic) bond motifs is 1. The Balaban J connectivity index is 1.94. The van der Waals surface area contributed by atoms with Crippen LogP contribution >= 0.6 is 15.9 Å². The molecule has 0 aliphatic heterocycles. The summed E-state index contributed by atoms with van der Waals surface area (Å²) in [5.74, 6) is 1.67. The maximum absolute atomic E-state index is 5.97. The highest BCUT2D eigenvalue weighted by Crippen LogP contribution is 2.35. The van der Waals surface area contributed by atoms with Crippen molar-refractivity contribution in [2.45, 2.75) is 6.61 Å². The lowest BCUT2D eigenvalue weighted by Gasteiger charge is -2.11. The normalized spacial score (nSPS) is 10.6. The third-order valence-electron chi connectivity index (χ3n) is 3.35. The maximum Gasteiger partial charge on any atom is 0.133 e. The first-order valence-corrected chi connectivity index (χ1v) is 7.50. The van der Waals surface area contributed by atoms with Crippen LogP contribution in [-0.2, 0) is 6.61 Å². The van der Waals surface area contributed by atoms with Crippen LogP contribution in [0.5, 0.6) is 11.5 Å². The fraction of sp³-hybridized carbons (Fsp3) is 0.111. The summed E-state index contributed by atoms with van der Waals surface area (Å²) in [6.45, 7) is 0.554. The second kappa shape index (κ2) is 6.19. The van der Waals surface area contributed by atoms with E-state index in [-0.39, 0.29) is 0 Å². The molecule has 0 aromatic heterocycles. The Morgan fingerprint density at radius 3 is 2.48 bits per heavy atom. The summed E-state index contributed by atoms with van der Waals surface area (Å²) in [5.41, 5.74) is 1.15. The van der Waals surface area contributed by atoms with Crippen molar-refractivity contribution in [2.75, 3.05) is 7.11 Å². The first kappa shape index (κ1) is 14.0. The van der Waals surface area contributed by atoms with Crippen molar-refractivity contribution in [2.24, 2.45) is 0 Å². The van der Waals surface area contributed by atoms with Gasteiger partial charge in [-0.3, -0.25) is 0 Å². The number of hydrogen-bond donors (Lipinski definition) is 0. The van der Waals surface area contributed by atoms with E-state index in [1.807, 2.05) is 42.5 Å². The zero-order chi connectivity index (χ0) is 14.7. The van der Waals surface area contributed by atoms with Crippen LogP contribution in [0.4, 0.5) is 0 Å². The van der Waals surface area contributed by atoms with Crippen LogP contribution < -0.4 is 9.47 Å². The molecule has 0 spiro atoms. The molecule has 21 heavy (non-hydrogen) atoms. The highest BCUT2D eigenvalue weighted by atomic mass is 79.9. The monoisotopic (exact) mass is 342 g/mol. The first-order valence-electron chi connectivity index (χ1n) is 6.71. The fourth-order valence-corrected chi connectivity index (χ4v) is 2.79. The highest BCUT2D eigenvalue weighted by molar-refractivity contribution is 9.10. The molecule has 0 saturated carbocycles. The summed E-state index contributed by atoms with van der Waals surface area (Å²) in [6, 6.07) is 20.2. The molecule has 0 fully saturated rings. The van der Waals surface area contributed by atoms with Crippen molar-refractivity contribution >= 4 is 26.7 Å². The van der Waals surface area contributed by atoms with Crippen LogP contribution in [0.1, 0.15) is 5.56 Å². The number of benzene rings is 3. The molecular weight excluding hydrogens is 328 g/mol. The van der Waals surface area contributed by atoms with Gasteiger partial charge in [-0.1, -0.05) is 42.5 Å². The Labute approximate surface area is 132 Å². The summed E-state index contributed by atoms with van der Waals surface area (Å²) in [4.78, 5) is 0. The van der Waals surface area contributed by atoms with Gasteiger partial charge in [-0.15, -0.1) is 0 Å².